The van der Waals surface area contributed by atoms with Gasteiger partial charge in [0, 0.05) is 6.61 Å². The van der Waals surface area contributed by atoms with Crippen molar-refractivity contribution in [1.82, 2.24) is 0 Å². The first kappa shape index (κ1) is 9.62. The van der Waals surface area contributed by atoms with Crippen LogP contribution in [0.5, 0.6) is 0 Å². The van der Waals surface area contributed by atoms with Gasteiger partial charge in [-0.15, -0.1) is 6.58 Å². The van der Waals surface area contributed by atoms with Crippen molar-refractivity contribution in [3.63, 3.8) is 0 Å². The monoisotopic (exact) mass is 146 g/mol. The lowest BCUT2D eigenvalue weighted by molar-refractivity contribution is 0.0389. The highest BCUT2D eigenvalue weighted by Gasteiger charge is 2.10. The van der Waals surface area contributed by atoms with E-state index < -0.39 is 12.2 Å². The maximum absolute atomic E-state index is 9.02. The quantitative estimate of drug-likeness (QED) is 0.465. The van der Waals surface area contributed by atoms with Gasteiger partial charge in [0.05, 0.1) is 12.2 Å². The van der Waals surface area contributed by atoms with Crippen LogP contribution in [0, 0.1) is 0 Å². The van der Waals surface area contributed by atoms with E-state index in [1.807, 2.05) is 0 Å². The summed E-state index contributed by atoms with van der Waals surface area (Å²) in [6.45, 7) is 3.36. The fraction of sp³-hybridized carbons (Fsp3) is 0.714. The molecule has 0 bridgehead atoms. The highest BCUT2D eigenvalue weighted by Crippen LogP contribution is 2.01. The normalized spacial score (nSPS) is 16.3. The summed E-state index contributed by atoms with van der Waals surface area (Å²) >= 11 is 0. The maximum Gasteiger partial charge on any atom is 0.0977 e. The molecular formula is C7H14O3. The number of hydrogen-bond acceptors (Lipinski definition) is 3. The van der Waals surface area contributed by atoms with Gasteiger partial charge in [-0.2, -0.15) is 0 Å². The fourth-order valence-corrected chi connectivity index (χ4v) is 0.628. The summed E-state index contributed by atoms with van der Waals surface area (Å²) in [6.07, 6.45) is 0.536. The van der Waals surface area contributed by atoms with Gasteiger partial charge in [0.1, 0.15) is 0 Å². The van der Waals surface area contributed by atoms with Crippen LogP contribution in [0.2, 0.25) is 0 Å². The SMILES string of the molecule is C=CC(O)C(O)CCCO. The summed E-state index contributed by atoms with van der Waals surface area (Å²) in [5.41, 5.74) is 0. The van der Waals surface area contributed by atoms with E-state index in [0.29, 0.717) is 12.8 Å². The molecule has 10 heavy (non-hydrogen) atoms. The molecule has 0 saturated heterocycles. The highest BCUT2D eigenvalue weighted by molar-refractivity contribution is 4.83. The van der Waals surface area contributed by atoms with Crippen molar-refractivity contribution in [2.75, 3.05) is 6.61 Å². The summed E-state index contributed by atoms with van der Waals surface area (Å²) < 4.78 is 0. The third-order valence-corrected chi connectivity index (χ3v) is 1.29. The van der Waals surface area contributed by atoms with Gasteiger partial charge in [0.15, 0.2) is 0 Å². The summed E-state index contributed by atoms with van der Waals surface area (Å²) in [5.74, 6) is 0. The van der Waals surface area contributed by atoms with Crippen molar-refractivity contribution in [3.8, 4) is 0 Å². The first-order valence-electron chi connectivity index (χ1n) is 3.32. The predicted molar refractivity (Wildman–Crippen MR) is 38.5 cm³/mol. The average Bonchev–Trinajstić information content (AvgIpc) is 1.98. The van der Waals surface area contributed by atoms with Gasteiger partial charge in [-0.05, 0) is 12.8 Å². The molecule has 0 aromatic rings. The third kappa shape index (κ3) is 3.61. The van der Waals surface area contributed by atoms with Gasteiger partial charge in [0.25, 0.3) is 0 Å². The largest absolute Gasteiger partial charge is 0.396 e. The maximum atomic E-state index is 9.02. The average molecular weight is 146 g/mol. The molecule has 0 aromatic heterocycles. The van der Waals surface area contributed by atoms with Crippen molar-refractivity contribution in [3.05, 3.63) is 12.7 Å². The molecule has 2 atom stereocenters. The second-order valence-corrected chi connectivity index (χ2v) is 2.16. The first-order chi connectivity index (χ1) is 4.72. The lowest BCUT2D eigenvalue weighted by atomic mass is 10.1. The van der Waals surface area contributed by atoms with Crippen LogP contribution in [0.15, 0.2) is 12.7 Å². The molecule has 0 rings (SSSR count). The Kier molecular flexibility index (Phi) is 5.20. The molecule has 0 aliphatic heterocycles. The molecule has 0 aliphatic carbocycles. The number of hydrogen-bond donors (Lipinski definition) is 3. The van der Waals surface area contributed by atoms with Crippen LogP contribution in [0.3, 0.4) is 0 Å². The van der Waals surface area contributed by atoms with Crippen molar-refractivity contribution in [1.29, 1.82) is 0 Å². The van der Waals surface area contributed by atoms with Crippen molar-refractivity contribution in [2.24, 2.45) is 0 Å². The molecule has 0 spiro atoms. The molecular weight excluding hydrogens is 132 g/mol. The van der Waals surface area contributed by atoms with Gasteiger partial charge in [-0.3, -0.25) is 0 Å². The third-order valence-electron chi connectivity index (χ3n) is 1.29. The Bertz CT molecular complexity index is 92.9. The molecule has 0 aliphatic rings. The van der Waals surface area contributed by atoms with E-state index in [4.69, 9.17) is 15.3 Å². The van der Waals surface area contributed by atoms with E-state index >= 15 is 0 Å². The zero-order valence-corrected chi connectivity index (χ0v) is 5.90. The standard InChI is InChI=1S/C7H14O3/c1-2-6(9)7(10)4-3-5-8/h2,6-10H,1,3-5H2. The van der Waals surface area contributed by atoms with Gasteiger partial charge in [-0.1, -0.05) is 6.08 Å². The smallest absolute Gasteiger partial charge is 0.0977 e. The molecule has 3 N–H and O–H groups in total. The Labute approximate surface area is 60.6 Å². The van der Waals surface area contributed by atoms with Gasteiger partial charge >= 0.3 is 0 Å². The minimum absolute atomic E-state index is 0.0426. The molecule has 3 nitrogen and oxygen atoms in total. The molecule has 2 unspecified atom stereocenters. The van der Waals surface area contributed by atoms with Gasteiger partial charge < -0.3 is 15.3 Å². The Morgan fingerprint density at radius 3 is 2.40 bits per heavy atom. The lowest BCUT2D eigenvalue weighted by Crippen LogP contribution is -2.23. The molecule has 60 valence electrons. The highest BCUT2D eigenvalue weighted by atomic mass is 16.3. The van der Waals surface area contributed by atoms with E-state index in [9.17, 15) is 0 Å². The van der Waals surface area contributed by atoms with Crippen LogP contribution in [0.25, 0.3) is 0 Å². The summed E-state index contributed by atoms with van der Waals surface area (Å²) in [7, 11) is 0. The molecule has 0 fully saturated rings. The van der Waals surface area contributed by atoms with Crippen molar-refractivity contribution < 1.29 is 15.3 Å². The Morgan fingerprint density at radius 1 is 1.40 bits per heavy atom. The van der Waals surface area contributed by atoms with Gasteiger partial charge in [-0.25, -0.2) is 0 Å². The second-order valence-electron chi connectivity index (χ2n) is 2.16. The zero-order chi connectivity index (χ0) is 7.98. The summed E-state index contributed by atoms with van der Waals surface area (Å²) in [4.78, 5) is 0. The van der Waals surface area contributed by atoms with E-state index in [1.165, 1.54) is 6.08 Å². The Balaban J connectivity index is 3.40. The Hall–Kier alpha value is -0.380. The number of aliphatic hydroxyl groups is 3. The van der Waals surface area contributed by atoms with Crippen LogP contribution in [0.1, 0.15) is 12.8 Å². The van der Waals surface area contributed by atoms with Crippen LogP contribution in [-0.4, -0.2) is 34.1 Å². The van der Waals surface area contributed by atoms with Crippen LogP contribution < -0.4 is 0 Å². The molecule has 0 amide bonds. The molecule has 0 radical (unpaired) electrons. The molecule has 0 aromatic carbocycles. The van der Waals surface area contributed by atoms with E-state index in [0.717, 1.165) is 0 Å². The summed E-state index contributed by atoms with van der Waals surface area (Å²) in [6, 6.07) is 0. The lowest BCUT2D eigenvalue weighted by Gasteiger charge is -2.12. The van der Waals surface area contributed by atoms with Crippen LogP contribution in [-0.2, 0) is 0 Å². The first-order valence-corrected chi connectivity index (χ1v) is 3.32. The van der Waals surface area contributed by atoms with E-state index in [1.54, 1.807) is 0 Å². The topological polar surface area (TPSA) is 60.7 Å². The van der Waals surface area contributed by atoms with Crippen molar-refractivity contribution in [2.45, 2.75) is 25.0 Å². The number of rotatable bonds is 5. The molecule has 3 heteroatoms. The number of aliphatic hydroxyl groups excluding tert-OH is 3. The minimum Gasteiger partial charge on any atom is -0.396 e. The minimum atomic E-state index is -0.869. The van der Waals surface area contributed by atoms with Crippen LogP contribution in [0.4, 0.5) is 0 Å². The summed E-state index contributed by atoms with van der Waals surface area (Å²) in [5, 5.41) is 26.3. The van der Waals surface area contributed by atoms with Crippen molar-refractivity contribution >= 4 is 0 Å². The molecule has 0 heterocycles. The second kappa shape index (κ2) is 5.41. The molecule has 0 saturated carbocycles. The zero-order valence-electron chi connectivity index (χ0n) is 5.90. The van der Waals surface area contributed by atoms with Crippen LogP contribution >= 0.6 is 0 Å². The predicted octanol–water partition coefficient (Wildman–Crippen LogP) is -0.333. The van der Waals surface area contributed by atoms with E-state index in [2.05, 4.69) is 6.58 Å². The fourth-order valence-electron chi connectivity index (χ4n) is 0.628. The van der Waals surface area contributed by atoms with E-state index in [-0.39, 0.29) is 6.61 Å². The Morgan fingerprint density at radius 2 is 2.00 bits per heavy atom. The van der Waals surface area contributed by atoms with Gasteiger partial charge in [0.2, 0.25) is 0 Å².